The van der Waals surface area contributed by atoms with Crippen molar-refractivity contribution in [1.29, 1.82) is 0 Å². The molecule has 0 radical (unpaired) electrons. The van der Waals surface area contributed by atoms with E-state index in [-0.39, 0.29) is 5.75 Å². The van der Waals surface area contributed by atoms with Gasteiger partial charge in [0.2, 0.25) is 0 Å². The number of nitrogens with zero attached hydrogens (tertiary/aromatic N) is 3. The van der Waals surface area contributed by atoms with Gasteiger partial charge in [0.25, 0.3) is 0 Å². The number of phenolic OH excluding ortho intramolecular Hbond substituents is 1. The first-order valence-corrected chi connectivity index (χ1v) is 10.4. The highest BCUT2D eigenvalue weighted by Crippen LogP contribution is 2.29. The van der Waals surface area contributed by atoms with Crippen molar-refractivity contribution in [2.75, 3.05) is 46.4 Å². The largest absolute Gasteiger partial charge is 0.504 e. The maximum absolute atomic E-state index is 10.3. The fourth-order valence-electron chi connectivity index (χ4n) is 3.60. The molecule has 1 saturated heterocycles. The number of aliphatic imine (C=N–C) groups is 1. The molecule has 1 heterocycles. The Morgan fingerprint density at radius 3 is 2.52 bits per heavy atom. The van der Waals surface area contributed by atoms with E-state index >= 15 is 0 Å². The Morgan fingerprint density at radius 1 is 1.07 bits per heavy atom. The lowest BCUT2D eigenvalue weighted by molar-refractivity contribution is 0.172. The number of phenols is 1. The van der Waals surface area contributed by atoms with Gasteiger partial charge in [0.05, 0.1) is 7.11 Å². The Kier molecular flexibility index (Phi) is 7.76. The van der Waals surface area contributed by atoms with E-state index in [1.54, 1.807) is 13.2 Å². The molecule has 0 bridgehead atoms. The first kappa shape index (κ1) is 21.0. The zero-order valence-corrected chi connectivity index (χ0v) is 17.5. The third-order valence-corrected chi connectivity index (χ3v) is 5.20. The summed E-state index contributed by atoms with van der Waals surface area (Å²) in [4.78, 5) is 9.62. The summed E-state index contributed by atoms with van der Waals surface area (Å²) in [5, 5.41) is 13.7. The zero-order chi connectivity index (χ0) is 20.5. The molecule has 2 aromatic carbocycles. The number of piperazine rings is 1. The molecule has 1 aliphatic rings. The Labute approximate surface area is 173 Å². The van der Waals surface area contributed by atoms with Crippen LogP contribution in [0.3, 0.4) is 0 Å². The van der Waals surface area contributed by atoms with Crippen LogP contribution in [-0.2, 0) is 13.0 Å². The Hall–Kier alpha value is -2.73. The van der Waals surface area contributed by atoms with Crippen LogP contribution >= 0.6 is 0 Å². The standard InChI is InChI=1S/C23H32N4O2/c1-3-24-23(25-13-12-20-10-7-11-21(29-2)22(20)28)27-16-14-26(15-17-27)18-19-8-5-4-6-9-19/h4-11,28H,3,12-18H2,1-2H3,(H,24,25). The highest BCUT2D eigenvalue weighted by Gasteiger charge is 2.19. The first-order valence-electron chi connectivity index (χ1n) is 10.4. The predicted molar refractivity (Wildman–Crippen MR) is 118 cm³/mol. The second-order valence-electron chi connectivity index (χ2n) is 7.20. The number of para-hydroxylation sites is 1. The number of ether oxygens (including phenoxy) is 1. The summed E-state index contributed by atoms with van der Waals surface area (Å²) in [5.74, 6) is 1.67. The van der Waals surface area contributed by atoms with Crippen LogP contribution in [0.4, 0.5) is 0 Å². The van der Waals surface area contributed by atoms with Gasteiger partial charge >= 0.3 is 0 Å². The van der Waals surface area contributed by atoms with Crippen LogP contribution < -0.4 is 10.1 Å². The van der Waals surface area contributed by atoms with Gasteiger partial charge in [-0.2, -0.15) is 0 Å². The van der Waals surface area contributed by atoms with E-state index in [0.29, 0.717) is 18.7 Å². The maximum atomic E-state index is 10.3. The van der Waals surface area contributed by atoms with Gasteiger partial charge in [0.15, 0.2) is 17.5 Å². The van der Waals surface area contributed by atoms with E-state index in [1.165, 1.54) is 5.56 Å². The van der Waals surface area contributed by atoms with Crippen molar-refractivity contribution in [2.45, 2.75) is 19.9 Å². The fourth-order valence-corrected chi connectivity index (χ4v) is 3.60. The van der Waals surface area contributed by atoms with Crippen molar-refractivity contribution in [3.63, 3.8) is 0 Å². The first-order chi connectivity index (χ1) is 14.2. The van der Waals surface area contributed by atoms with Crippen LogP contribution in [0.2, 0.25) is 0 Å². The lowest BCUT2D eigenvalue weighted by Crippen LogP contribution is -2.52. The highest BCUT2D eigenvalue weighted by atomic mass is 16.5. The molecule has 1 fully saturated rings. The van der Waals surface area contributed by atoms with E-state index < -0.39 is 0 Å². The van der Waals surface area contributed by atoms with Crippen molar-refractivity contribution < 1.29 is 9.84 Å². The number of benzene rings is 2. The maximum Gasteiger partial charge on any atom is 0.194 e. The number of aromatic hydroxyl groups is 1. The molecule has 29 heavy (non-hydrogen) atoms. The molecule has 6 heteroatoms. The summed E-state index contributed by atoms with van der Waals surface area (Å²) in [6.07, 6.45) is 0.673. The van der Waals surface area contributed by atoms with Crippen molar-refractivity contribution >= 4 is 5.96 Å². The molecule has 0 unspecified atom stereocenters. The van der Waals surface area contributed by atoms with Gasteiger partial charge in [0, 0.05) is 45.8 Å². The van der Waals surface area contributed by atoms with Gasteiger partial charge in [-0.1, -0.05) is 42.5 Å². The molecular weight excluding hydrogens is 364 g/mol. The van der Waals surface area contributed by atoms with Crippen molar-refractivity contribution in [2.24, 2.45) is 4.99 Å². The number of guanidine groups is 1. The lowest BCUT2D eigenvalue weighted by Gasteiger charge is -2.36. The van der Waals surface area contributed by atoms with E-state index in [9.17, 15) is 5.11 Å². The van der Waals surface area contributed by atoms with Crippen LogP contribution in [-0.4, -0.2) is 67.2 Å². The molecule has 1 aliphatic heterocycles. The topological polar surface area (TPSA) is 60.3 Å². The van der Waals surface area contributed by atoms with Crippen LogP contribution in [0.15, 0.2) is 53.5 Å². The molecule has 156 valence electrons. The Morgan fingerprint density at radius 2 is 1.83 bits per heavy atom. The molecule has 0 saturated carbocycles. The normalized spacial score (nSPS) is 15.4. The van der Waals surface area contributed by atoms with Crippen molar-refractivity contribution in [3.8, 4) is 11.5 Å². The highest BCUT2D eigenvalue weighted by molar-refractivity contribution is 5.80. The van der Waals surface area contributed by atoms with E-state index in [2.05, 4.69) is 52.4 Å². The average Bonchev–Trinajstić information content (AvgIpc) is 2.76. The minimum absolute atomic E-state index is 0.213. The summed E-state index contributed by atoms with van der Waals surface area (Å²) in [5.41, 5.74) is 2.22. The molecule has 0 aromatic heterocycles. The number of hydrogen-bond donors (Lipinski definition) is 2. The molecule has 0 aliphatic carbocycles. The second kappa shape index (κ2) is 10.7. The molecule has 2 N–H and O–H groups in total. The van der Waals surface area contributed by atoms with Gasteiger partial charge in [-0.25, -0.2) is 0 Å². The SMILES string of the molecule is CCNC(=NCCc1cccc(OC)c1O)N1CCN(Cc2ccccc2)CC1. The Balaban J connectivity index is 1.54. The molecule has 6 nitrogen and oxygen atoms in total. The van der Waals surface area contributed by atoms with Gasteiger partial charge in [-0.15, -0.1) is 0 Å². The molecule has 0 spiro atoms. The lowest BCUT2D eigenvalue weighted by atomic mass is 10.1. The number of nitrogens with one attached hydrogen (secondary N) is 1. The monoisotopic (exact) mass is 396 g/mol. The molecular formula is C23H32N4O2. The number of rotatable bonds is 7. The second-order valence-corrected chi connectivity index (χ2v) is 7.20. The van der Waals surface area contributed by atoms with Crippen LogP contribution in [0.25, 0.3) is 0 Å². The summed E-state index contributed by atoms with van der Waals surface area (Å²) in [6, 6.07) is 16.2. The van der Waals surface area contributed by atoms with Crippen LogP contribution in [0.5, 0.6) is 11.5 Å². The summed E-state index contributed by atoms with van der Waals surface area (Å²) >= 11 is 0. The van der Waals surface area contributed by atoms with E-state index in [0.717, 1.165) is 50.8 Å². The predicted octanol–water partition coefficient (Wildman–Crippen LogP) is 2.73. The van der Waals surface area contributed by atoms with E-state index in [1.807, 2.05) is 12.1 Å². The van der Waals surface area contributed by atoms with Crippen molar-refractivity contribution in [3.05, 3.63) is 59.7 Å². The van der Waals surface area contributed by atoms with Crippen molar-refractivity contribution in [1.82, 2.24) is 15.1 Å². The third-order valence-electron chi connectivity index (χ3n) is 5.20. The fraction of sp³-hybridized carbons (Fsp3) is 0.435. The van der Waals surface area contributed by atoms with Gasteiger partial charge < -0.3 is 20.1 Å². The summed E-state index contributed by atoms with van der Waals surface area (Å²) < 4.78 is 5.19. The Bertz CT molecular complexity index is 787. The number of hydrogen-bond acceptors (Lipinski definition) is 4. The minimum atomic E-state index is 0.213. The molecule has 3 rings (SSSR count). The molecule has 0 amide bonds. The zero-order valence-electron chi connectivity index (χ0n) is 17.5. The summed E-state index contributed by atoms with van der Waals surface area (Å²) in [7, 11) is 1.57. The van der Waals surface area contributed by atoms with Gasteiger partial charge in [-0.05, 0) is 30.5 Å². The quantitative estimate of drug-likeness (QED) is 0.557. The van der Waals surface area contributed by atoms with Gasteiger partial charge in [0.1, 0.15) is 0 Å². The number of methoxy groups -OCH3 is 1. The van der Waals surface area contributed by atoms with Gasteiger partial charge in [-0.3, -0.25) is 9.89 Å². The average molecular weight is 397 g/mol. The minimum Gasteiger partial charge on any atom is -0.504 e. The third kappa shape index (κ3) is 5.87. The van der Waals surface area contributed by atoms with Crippen LogP contribution in [0.1, 0.15) is 18.1 Å². The molecule has 0 atom stereocenters. The van der Waals surface area contributed by atoms with Crippen LogP contribution in [0, 0.1) is 0 Å². The van der Waals surface area contributed by atoms with E-state index in [4.69, 9.17) is 9.73 Å². The summed E-state index contributed by atoms with van der Waals surface area (Å²) in [6.45, 7) is 8.52. The molecule has 2 aromatic rings. The smallest absolute Gasteiger partial charge is 0.194 e.